The summed E-state index contributed by atoms with van der Waals surface area (Å²) in [6.45, 7) is 15.0. The first-order valence-electron chi connectivity index (χ1n) is 11.4. The maximum absolute atomic E-state index is 5.80. The van der Waals surface area contributed by atoms with Gasteiger partial charge in [-0.2, -0.15) is 0 Å². The van der Waals surface area contributed by atoms with Crippen molar-refractivity contribution in [2.24, 2.45) is 5.92 Å². The molecular weight excluding hydrogens is 358 g/mol. The van der Waals surface area contributed by atoms with Crippen molar-refractivity contribution in [2.45, 2.75) is 59.3 Å². The molecule has 0 saturated carbocycles. The Kier molecular flexibility index (Phi) is 24.6. The lowest BCUT2D eigenvalue weighted by Gasteiger charge is -2.16. The number of hydrogen-bond donors (Lipinski definition) is 1. The van der Waals surface area contributed by atoms with E-state index in [4.69, 9.17) is 23.7 Å². The van der Waals surface area contributed by atoms with Crippen LogP contribution in [0.4, 0.5) is 0 Å². The minimum Gasteiger partial charge on any atom is -0.379 e. The Morgan fingerprint density at radius 1 is 0.571 bits per heavy atom. The van der Waals surface area contributed by atoms with Gasteiger partial charge in [0.1, 0.15) is 0 Å². The van der Waals surface area contributed by atoms with Crippen LogP contribution in [0.5, 0.6) is 0 Å². The van der Waals surface area contributed by atoms with Gasteiger partial charge in [-0.05, 0) is 25.3 Å². The summed E-state index contributed by atoms with van der Waals surface area (Å²) in [5.74, 6) is 0.710. The molecule has 0 aliphatic rings. The van der Waals surface area contributed by atoms with Crippen molar-refractivity contribution in [2.75, 3.05) is 79.2 Å². The fourth-order valence-corrected chi connectivity index (χ4v) is 2.75. The summed E-state index contributed by atoms with van der Waals surface area (Å²) in [7, 11) is 0. The SMILES string of the molecule is CCCCC(CCCC)COCCOCCOCCOCCOCCNCC. The van der Waals surface area contributed by atoms with E-state index in [9.17, 15) is 0 Å². The summed E-state index contributed by atoms with van der Waals surface area (Å²) < 4.78 is 27.7. The van der Waals surface area contributed by atoms with Crippen LogP contribution in [-0.4, -0.2) is 79.2 Å². The standard InChI is InChI=1S/C22H47NO5/c1-4-7-9-22(10-8-5-2)21-28-20-19-27-18-17-26-16-15-25-14-13-24-12-11-23-6-3/h22-23H,4-21H2,1-3H3. The molecule has 0 unspecified atom stereocenters. The summed E-state index contributed by atoms with van der Waals surface area (Å²) in [5, 5.41) is 3.21. The summed E-state index contributed by atoms with van der Waals surface area (Å²) in [6, 6.07) is 0. The Morgan fingerprint density at radius 3 is 1.43 bits per heavy atom. The van der Waals surface area contributed by atoms with Crippen LogP contribution >= 0.6 is 0 Å². The quantitative estimate of drug-likeness (QED) is 0.247. The molecule has 6 nitrogen and oxygen atoms in total. The molecule has 28 heavy (non-hydrogen) atoms. The van der Waals surface area contributed by atoms with Gasteiger partial charge in [0, 0.05) is 13.2 Å². The predicted molar refractivity (Wildman–Crippen MR) is 115 cm³/mol. The summed E-state index contributed by atoms with van der Waals surface area (Å²) >= 11 is 0. The second-order valence-corrected chi connectivity index (χ2v) is 7.03. The highest BCUT2D eigenvalue weighted by Crippen LogP contribution is 2.16. The van der Waals surface area contributed by atoms with Crippen molar-refractivity contribution in [3.63, 3.8) is 0 Å². The van der Waals surface area contributed by atoms with E-state index in [0.717, 1.165) is 26.3 Å². The normalized spacial score (nSPS) is 11.6. The first-order valence-corrected chi connectivity index (χ1v) is 11.4. The molecule has 0 rings (SSSR count). The Bertz CT molecular complexity index is 274. The Labute approximate surface area is 174 Å². The van der Waals surface area contributed by atoms with Crippen LogP contribution in [-0.2, 0) is 23.7 Å². The number of ether oxygens (including phenoxy) is 5. The van der Waals surface area contributed by atoms with Gasteiger partial charge in [-0.25, -0.2) is 0 Å². The lowest BCUT2D eigenvalue weighted by molar-refractivity contribution is -0.0139. The molecule has 0 aromatic carbocycles. The highest BCUT2D eigenvalue weighted by atomic mass is 16.6. The third kappa shape index (κ3) is 22.1. The van der Waals surface area contributed by atoms with Gasteiger partial charge in [-0.1, -0.05) is 46.5 Å². The van der Waals surface area contributed by atoms with E-state index in [0.29, 0.717) is 58.8 Å². The van der Waals surface area contributed by atoms with E-state index in [1.165, 1.54) is 38.5 Å². The van der Waals surface area contributed by atoms with Gasteiger partial charge in [0.15, 0.2) is 0 Å². The molecule has 0 saturated heterocycles. The summed E-state index contributed by atoms with van der Waals surface area (Å²) in [6.07, 6.45) is 7.71. The zero-order valence-corrected chi connectivity index (χ0v) is 18.8. The second-order valence-electron chi connectivity index (χ2n) is 7.03. The van der Waals surface area contributed by atoms with Crippen LogP contribution in [0.25, 0.3) is 0 Å². The van der Waals surface area contributed by atoms with Gasteiger partial charge >= 0.3 is 0 Å². The van der Waals surface area contributed by atoms with E-state index in [-0.39, 0.29) is 0 Å². The zero-order chi connectivity index (χ0) is 20.5. The minimum atomic E-state index is 0.591. The lowest BCUT2D eigenvalue weighted by Crippen LogP contribution is -2.20. The molecule has 0 atom stereocenters. The molecule has 0 amide bonds. The summed E-state index contributed by atoms with van der Waals surface area (Å²) in [4.78, 5) is 0. The van der Waals surface area contributed by atoms with E-state index in [2.05, 4.69) is 26.1 Å². The Hall–Kier alpha value is -0.240. The molecule has 1 N–H and O–H groups in total. The molecule has 0 radical (unpaired) electrons. The van der Waals surface area contributed by atoms with Crippen molar-refractivity contribution < 1.29 is 23.7 Å². The van der Waals surface area contributed by atoms with Crippen LogP contribution in [0.1, 0.15) is 59.3 Å². The topological polar surface area (TPSA) is 58.2 Å². The maximum Gasteiger partial charge on any atom is 0.0701 e. The average Bonchev–Trinajstić information content (AvgIpc) is 2.71. The number of hydrogen-bond acceptors (Lipinski definition) is 6. The van der Waals surface area contributed by atoms with Gasteiger partial charge < -0.3 is 29.0 Å². The highest BCUT2D eigenvalue weighted by Gasteiger charge is 2.07. The van der Waals surface area contributed by atoms with Crippen LogP contribution < -0.4 is 5.32 Å². The molecular formula is C22H47NO5. The molecule has 0 spiro atoms. The van der Waals surface area contributed by atoms with Crippen molar-refractivity contribution in [3.05, 3.63) is 0 Å². The van der Waals surface area contributed by atoms with Gasteiger partial charge in [0.25, 0.3) is 0 Å². The molecule has 0 aromatic heterocycles. The average molecular weight is 406 g/mol. The fraction of sp³-hybridized carbons (Fsp3) is 1.00. The fourth-order valence-electron chi connectivity index (χ4n) is 2.75. The van der Waals surface area contributed by atoms with Crippen molar-refractivity contribution in [3.8, 4) is 0 Å². The Morgan fingerprint density at radius 2 is 1.00 bits per heavy atom. The van der Waals surface area contributed by atoms with Crippen molar-refractivity contribution in [1.82, 2.24) is 5.32 Å². The third-order valence-corrected chi connectivity index (χ3v) is 4.45. The van der Waals surface area contributed by atoms with Crippen LogP contribution in [0, 0.1) is 5.92 Å². The maximum atomic E-state index is 5.80. The second kappa shape index (κ2) is 24.8. The predicted octanol–water partition coefficient (Wildman–Crippen LogP) is 3.68. The van der Waals surface area contributed by atoms with Crippen LogP contribution in [0.2, 0.25) is 0 Å². The largest absolute Gasteiger partial charge is 0.379 e. The Balaban J connectivity index is 3.23. The van der Waals surface area contributed by atoms with Crippen molar-refractivity contribution in [1.29, 1.82) is 0 Å². The number of rotatable bonds is 24. The zero-order valence-electron chi connectivity index (χ0n) is 18.8. The van der Waals surface area contributed by atoms with Crippen LogP contribution in [0.15, 0.2) is 0 Å². The molecule has 6 heteroatoms. The molecule has 0 aliphatic heterocycles. The molecule has 170 valence electrons. The number of likely N-dealkylation sites (N-methyl/N-ethyl adjacent to an activating group) is 1. The molecule has 0 heterocycles. The monoisotopic (exact) mass is 405 g/mol. The number of unbranched alkanes of at least 4 members (excludes halogenated alkanes) is 2. The first-order chi connectivity index (χ1) is 13.8. The molecule has 0 bridgehead atoms. The third-order valence-electron chi connectivity index (χ3n) is 4.45. The van der Waals surface area contributed by atoms with Crippen LogP contribution in [0.3, 0.4) is 0 Å². The van der Waals surface area contributed by atoms with Gasteiger partial charge in [0.2, 0.25) is 0 Å². The minimum absolute atomic E-state index is 0.591. The summed E-state index contributed by atoms with van der Waals surface area (Å²) in [5.41, 5.74) is 0. The van der Waals surface area contributed by atoms with E-state index >= 15 is 0 Å². The lowest BCUT2D eigenvalue weighted by atomic mass is 9.97. The molecule has 0 aliphatic carbocycles. The smallest absolute Gasteiger partial charge is 0.0701 e. The first kappa shape index (κ1) is 27.8. The molecule has 0 aromatic rings. The van der Waals surface area contributed by atoms with E-state index in [1.54, 1.807) is 0 Å². The number of nitrogens with one attached hydrogen (secondary N) is 1. The van der Waals surface area contributed by atoms with E-state index < -0.39 is 0 Å². The van der Waals surface area contributed by atoms with Crippen molar-refractivity contribution >= 4 is 0 Å². The van der Waals surface area contributed by atoms with Gasteiger partial charge in [-0.3, -0.25) is 0 Å². The van der Waals surface area contributed by atoms with Gasteiger partial charge in [-0.15, -0.1) is 0 Å². The molecule has 0 fully saturated rings. The van der Waals surface area contributed by atoms with E-state index in [1.807, 2.05) is 0 Å². The van der Waals surface area contributed by atoms with Gasteiger partial charge in [0.05, 0.1) is 59.5 Å². The highest BCUT2D eigenvalue weighted by molar-refractivity contribution is 4.58.